The first-order chi connectivity index (χ1) is 18.0. The van der Waals surface area contributed by atoms with Gasteiger partial charge in [0.25, 0.3) is 0 Å². The predicted octanol–water partition coefficient (Wildman–Crippen LogP) is 4.33. The van der Waals surface area contributed by atoms with Crippen LogP contribution < -0.4 is 10.1 Å². The lowest BCUT2D eigenvalue weighted by molar-refractivity contribution is -0.123. The second kappa shape index (κ2) is 15.5. The summed E-state index contributed by atoms with van der Waals surface area (Å²) in [6.07, 6.45) is 5.46. The first-order valence-electron chi connectivity index (χ1n) is 13.4. The van der Waals surface area contributed by atoms with Crippen LogP contribution >= 0.6 is 0 Å². The zero-order valence-electron chi connectivity index (χ0n) is 22.3. The minimum absolute atomic E-state index is 0.0542. The lowest BCUT2D eigenvalue weighted by atomic mass is 9.99. The first kappa shape index (κ1) is 28.8. The lowest BCUT2D eigenvalue weighted by Gasteiger charge is -2.29. The number of amides is 1. The second-order valence-corrected chi connectivity index (χ2v) is 9.82. The van der Waals surface area contributed by atoms with Crippen molar-refractivity contribution in [3.05, 3.63) is 65.2 Å². The number of unbranched alkanes of at least 4 members (excludes halogenated alkanes) is 2. The summed E-state index contributed by atoms with van der Waals surface area (Å²) in [7, 11) is 3.29. The summed E-state index contributed by atoms with van der Waals surface area (Å²) >= 11 is 0. The fourth-order valence-electron chi connectivity index (χ4n) is 4.75. The fraction of sp³-hybridized carbons (Fsp3) is 0.533. The Morgan fingerprint density at radius 1 is 0.946 bits per heavy atom. The van der Waals surface area contributed by atoms with Crippen LogP contribution in [0.5, 0.6) is 5.75 Å². The summed E-state index contributed by atoms with van der Waals surface area (Å²) in [6, 6.07) is 14.7. The van der Waals surface area contributed by atoms with Gasteiger partial charge in [-0.1, -0.05) is 30.7 Å². The van der Waals surface area contributed by atoms with Crippen LogP contribution in [0.25, 0.3) is 0 Å². The number of carbonyl (C=O) groups is 2. The largest absolute Gasteiger partial charge is 0.497 e. The van der Waals surface area contributed by atoms with E-state index in [0.717, 1.165) is 62.1 Å². The molecule has 0 unspecified atom stereocenters. The highest BCUT2D eigenvalue weighted by molar-refractivity contribution is 5.96. The third-order valence-electron chi connectivity index (χ3n) is 7.02. The number of ketones is 1. The van der Waals surface area contributed by atoms with Crippen LogP contribution in [-0.2, 0) is 16.0 Å². The molecule has 1 fully saturated rings. The summed E-state index contributed by atoms with van der Waals surface area (Å²) in [6.45, 7) is 3.29. The molecular weight excluding hydrogens is 468 g/mol. The van der Waals surface area contributed by atoms with Gasteiger partial charge < -0.3 is 24.8 Å². The SMILES string of the molecule is COCCc1ccc([C@@H](O)[C@@H](CN2CCCC2)NC(=O)CCCCCC(=O)c2ccc(OC)cc2)cc1. The van der Waals surface area contributed by atoms with Gasteiger partial charge in [-0.3, -0.25) is 9.59 Å². The molecule has 0 spiro atoms. The molecule has 0 saturated carbocycles. The summed E-state index contributed by atoms with van der Waals surface area (Å²) in [5.74, 6) is 0.783. The van der Waals surface area contributed by atoms with E-state index >= 15 is 0 Å². The third kappa shape index (κ3) is 9.58. The molecule has 37 heavy (non-hydrogen) atoms. The topological polar surface area (TPSA) is 88.1 Å². The normalized spacial score (nSPS) is 15.3. The first-order valence-corrected chi connectivity index (χ1v) is 13.4. The molecule has 1 heterocycles. The van der Waals surface area contributed by atoms with Gasteiger partial charge in [-0.2, -0.15) is 0 Å². The van der Waals surface area contributed by atoms with E-state index in [1.165, 1.54) is 0 Å². The number of carbonyl (C=O) groups excluding carboxylic acids is 2. The molecule has 7 nitrogen and oxygen atoms in total. The number of nitrogens with one attached hydrogen (secondary N) is 1. The number of aliphatic hydroxyl groups is 1. The Morgan fingerprint density at radius 2 is 1.62 bits per heavy atom. The van der Waals surface area contributed by atoms with Crippen LogP contribution in [0.1, 0.15) is 72.5 Å². The van der Waals surface area contributed by atoms with Crippen molar-refractivity contribution in [2.45, 2.75) is 63.5 Å². The molecule has 0 bridgehead atoms. The van der Waals surface area contributed by atoms with Crippen molar-refractivity contribution in [3.8, 4) is 5.75 Å². The molecule has 2 aromatic carbocycles. The van der Waals surface area contributed by atoms with Crippen LogP contribution in [0.15, 0.2) is 48.5 Å². The molecule has 2 N–H and O–H groups in total. The van der Waals surface area contributed by atoms with Crippen molar-refractivity contribution in [2.24, 2.45) is 0 Å². The van der Waals surface area contributed by atoms with Gasteiger partial charge in [-0.15, -0.1) is 0 Å². The fourth-order valence-corrected chi connectivity index (χ4v) is 4.75. The van der Waals surface area contributed by atoms with E-state index in [4.69, 9.17) is 9.47 Å². The van der Waals surface area contributed by atoms with E-state index in [1.54, 1.807) is 38.5 Å². The number of hydrogen-bond acceptors (Lipinski definition) is 6. The monoisotopic (exact) mass is 510 g/mol. The van der Waals surface area contributed by atoms with E-state index in [-0.39, 0.29) is 17.7 Å². The zero-order valence-corrected chi connectivity index (χ0v) is 22.3. The maximum absolute atomic E-state index is 12.8. The average molecular weight is 511 g/mol. The number of ether oxygens (including phenoxy) is 2. The lowest BCUT2D eigenvalue weighted by Crippen LogP contribution is -2.46. The minimum Gasteiger partial charge on any atom is -0.497 e. The van der Waals surface area contributed by atoms with Crippen molar-refractivity contribution < 1.29 is 24.2 Å². The smallest absolute Gasteiger partial charge is 0.220 e. The number of benzene rings is 2. The number of Topliss-reactive ketones (excluding diaryl/α,β-unsaturated/α-hetero) is 1. The van der Waals surface area contributed by atoms with Crippen LogP contribution in [0.2, 0.25) is 0 Å². The van der Waals surface area contributed by atoms with E-state index in [2.05, 4.69) is 10.2 Å². The Morgan fingerprint density at radius 3 is 2.27 bits per heavy atom. The summed E-state index contributed by atoms with van der Waals surface area (Å²) in [5, 5.41) is 14.3. The van der Waals surface area contributed by atoms with E-state index in [1.807, 2.05) is 24.3 Å². The minimum atomic E-state index is -0.775. The molecule has 1 aliphatic heterocycles. The molecule has 3 rings (SSSR count). The van der Waals surface area contributed by atoms with Gasteiger partial charge in [0.15, 0.2) is 5.78 Å². The molecule has 1 amide bonds. The van der Waals surface area contributed by atoms with Crippen LogP contribution in [0.3, 0.4) is 0 Å². The molecule has 0 aliphatic carbocycles. The maximum Gasteiger partial charge on any atom is 0.220 e. The van der Waals surface area contributed by atoms with E-state index in [9.17, 15) is 14.7 Å². The Balaban J connectivity index is 1.46. The number of hydrogen-bond donors (Lipinski definition) is 2. The highest BCUT2D eigenvalue weighted by atomic mass is 16.5. The molecule has 1 aliphatic rings. The highest BCUT2D eigenvalue weighted by Crippen LogP contribution is 2.21. The van der Waals surface area contributed by atoms with Crippen molar-refractivity contribution in [2.75, 3.05) is 40.5 Å². The third-order valence-corrected chi connectivity index (χ3v) is 7.02. The number of likely N-dealkylation sites (tertiary alicyclic amines) is 1. The van der Waals surface area contributed by atoms with Gasteiger partial charge in [0, 0.05) is 32.1 Å². The van der Waals surface area contributed by atoms with Gasteiger partial charge in [-0.05, 0) is 80.6 Å². The maximum atomic E-state index is 12.8. The molecule has 202 valence electrons. The van der Waals surface area contributed by atoms with Crippen LogP contribution in [0, 0.1) is 0 Å². The Labute approximate surface area is 221 Å². The highest BCUT2D eigenvalue weighted by Gasteiger charge is 2.26. The molecular formula is C30H42N2O5. The summed E-state index contributed by atoms with van der Waals surface area (Å²) < 4.78 is 10.3. The van der Waals surface area contributed by atoms with Gasteiger partial charge in [0.05, 0.1) is 19.8 Å². The Kier molecular flexibility index (Phi) is 12.1. The Hall–Kier alpha value is -2.74. The summed E-state index contributed by atoms with van der Waals surface area (Å²) in [5.41, 5.74) is 2.65. The van der Waals surface area contributed by atoms with Crippen LogP contribution in [0.4, 0.5) is 0 Å². The van der Waals surface area contributed by atoms with Gasteiger partial charge in [-0.25, -0.2) is 0 Å². The van der Waals surface area contributed by atoms with Gasteiger partial charge in [0.1, 0.15) is 11.9 Å². The summed E-state index contributed by atoms with van der Waals surface area (Å²) in [4.78, 5) is 27.5. The second-order valence-electron chi connectivity index (χ2n) is 9.82. The molecule has 0 radical (unpaired) electrons. The van der Waals surface area contributed by atoms with Gasteiger partial charge >= 0.3 is 0 Å². The molecule has 0 aromatic heterocycles. The molecule has 1 saturated heterocycles. The Bertz CT molecular complexity index is 955. The number of methoxy groups -OCH3 is 2. The van der Waals surface area contributed by atoms with Gasteiger partial charge in [0.2, 0.25) is 5.91 Å². The van der Waals surface area contributed by atoms with Crippen molar-refractivity contribution >= 4 is 11.7 Å². The van der Waals surface area contributed by atoms with E-state index in [0.29, 0.717) is 38.0 Å². The average Bonchev–Trinajstić information content (AvgIpc) is 3.44. The number of aliphatic hydroxyl groups excluding tert-OH is 1. The molecule has 7 heteroatoms. The number of rotatable bonds is 16. The zero-order chi connectivity index (χ0) is 26.5. The van der Waals surface area contributed by atoms with Crippen molar-refractivity contribution in [1.82, 2.24) is 10.2 Å². The predicted molar refractivity (Wildman–Crippen MR) is 145 cm³/mol. The number of nitrogens with zero attached hydrogens (tertiary/aromatic N) is 1. The molecule has 2 aromatic rings. The van der Waals surface area contributed by atoms with E-state index < -0.39 is 6.10 Å². The molecule has 2 atom stereocenters. The quantitative estimate of drug-likeness (QED) is 0.258. The standard InChI is InChI=1S/C30H42N2O5/c1-36-21-18-23-10-12-25(13-11-23)30(35)27(22-32-19-6-7-20-32)31-29(34)9-5-3-4-8-28(33)24-14-16-26(37-2)17-15-24/h10-17,27,30,35H,3-9,18-22H2,1-2H3,(H,31,34)/t27-,30-/m1/s1. The van der Waals surface area contributed by atoms with Crippen LogP contribution in [-0.4, -0.2) is 68.2 Å². The van der Waals surface area contributed by atoms with Crippen molar-refractivity contribution in [3.63, 3.8) is 0 Å². The van der Waals surface area contributed by atoms with Crippen molar-refractivity contribution in [1.29, 1.82) is 0 Å².